The minimum absolute atomic E-state index is 0.463. The van der Waals surface area contributed by atoms with Crippen molar-refractivity contribution >= 4 is 16.5 Å². The molecule has 0 aromatic carbocycles. The molecule has 0 saturated carbocycles. The molecule has 4 atom stereocenters. The molecule has 0 radical (unpaired) electrons. The van der Waals surface area contributed by atoms with Gasteiger partial charge in [0.2, 0.25) is 0 Å². The van der Waals surface area contributed by atoms with Crippen LogP contribution in [-0.2, 0) is 0 Å². The lowest BCUT2D eigenvalue weighted by Gasteiger charge is -2.18. The lowest BCUT2D eigenvalue weighted by molar-refractivity contribution is 0.784. The first-order chi connectivity index (χ1) is 6.24. The summed E-state index contributed by atoms with van der Waals surface area (Å²) in [5, 5.41) is 0. The molecule has 0 aromatic heterocycles. The van der Waals surface area contributed by atoms with Crippen molar-refractivity contribution in [2.45, 2.75) is 57.8 Å². The van der Waals surface area contributed by atoms with E-state index in [0.29, 0.717) is 7.92 Å². The standard InChI is InChI=1S/C11H24P2/c1-4-6-10(2)12-9-13-8-5-7-11(13)3/h10-12H,4-9H2,1-3H3/t10-,11-,13?/m1/s1. The van der Waals surface area contributed by atoms with Crippen LogP contribution in [0.1, 0.15) is 46.5 Å². The van der Waals surface area contributed by atoms with Crippen LogP contribution >= 0.6 is 16.5 Å². The second-order valence-corrected chi connectivity index (χ2v) is 9.52. The molecule has 1 heterocycles. The van der Waals surface area contributed by atoms with Gasteiger partial charge in [0.25, 0.3) is 0 Å². The fraction of sp³-hybridized carbons (Fsp3) is 1.00. The number of hydrogen-bond acceptors (Lipinski definition) is 0. The van der Waals surface area contributed by atoms with E-state index in [4.69, 9.17) is 0 Å². The van der Waals surface area contributed by atoms with Crippen LogP contribution in [0.25, 0.3) is 0 Å². The maximum absolute atomic E-state index is 2.48. The lowest BCUT2D eigenvalue weighted by Crippen LogP contribution is -1.97. The molecule has 0 amide bonds. The molecule has 0 aromatic rings. The maximum Gasteiger partial charge on any atom is -0.0143 e. The first-order valence-corrected chi connectivity index (χ1v) is 8.78. The van der Waals surface area contributed by atoms with Gasteiger partial charge in [-0.25, -0.2) is 0 Å². The molecule has 0 nitrogen and oxygen atoms in total. The molecule has 0 aliphatic carbocycles. The fourth-order valence-corrected chi connectivity index (χ4v) is 8.17. The third-order valence-corrected chi connectivity index (χ3v) is 8.79. The van der Waals surface area contributed by atoms with Crippen LogP contribution < -0.4 is 0 Å². The van der Waals surface area contributed by atoms with E-state index in [2.05, 4.69) is 20.8 Å². The Balaban J connectivity index is 2.10. The Morgan fingerprint density at radius 2 is 2.31 bits per heavy atom. The summed E-state index contributed by atoms with van der Waals surface area (Å²) in [6, 6.07) is 0. The third-order valence-electron chi connectivity index (χ3n) is 3.06. The SMILES string of the molecule is CCC[C@@H](C)PCP1CCC[C@H]1C. The molecule has 13 heavy (non-hydrogen) atoms. The zero-order chi connectivity index (χ0) is 9.68. The van der Waals surface area contributed by atoms with Gasteiger partial charge in [-0.1, -0.05) is 35.1 Å². The Hall–Kier alpha value is 0.860. The van der Waals surface area contributed by atoms with Crippen molar-refractivity contribution in [2.75, 3.05) is 12.1 Å². The third kappa shape index (κ3) is 4.26. The quantitative estimate of drug-likeness (QED) is 0.597. The summed E-state index contributed by atoms with van der Waals surface area (Å²) in [4.78, 5) is 0. The molecule has 0 spiro atoms. The number of rotatable bonds is 5. The van der Waals surface area contributed by atoms with Crippen molar-refractivity contribution in [3.63, 3.8) is 0 Å². The smallest absolute Gasteiger partial charge is 0.0143 e. The molecule has 2 heteroatoms. The highest BCUT2D eigenvalue weighted by molar-refractivity contribution is 7.68. The summed E-state index contributed by atoms with van der Waals surface area (Å²) in [6.07, 6.45) is 7.47. The van der Waals surface area contributed by atoms with E-state index in [9.17, 15) is 0 Å². The predicted octanol–water partition coefficient (Wildman–Crippen LogP) is 4.48. The Labute approximate surface area is 86.8 Å². The van der Waals surface area contributed by atoms with E-state index >= 15 is 0 Å². The van der Waals surface area contributed by atoms with Crippen LogP contribution in [0.3, 0.4) is 0 Å². The van der Waals surface area contributed by atoms with Crippen LogP contribution in [0.4, 0.5) is 0 Å². The summed E-state index contributed by atoms with van der Waals surface area (Å²) in [6.45, 7) is 7.23. The largest absolute Gasteiger partial charge is 0.115 e. The summed E-state index contributed by atoms with van der Waals surface area (Å²) < 4.78 is 0. The molecule has 0 bridgehead atoms. The highest BCUT2D eigenvalue weighted by Crippen LogP contribution is 2.54. The Bertz CT molecular complexity index is 136. The van der Waals surface area contributed by atoms with Crippen LogP contribution in [-0.4, -0.2) is 23.4 Å². The normalized spacial score (nSPS) is 31.6. The van der Waals surface area contributed by atoms with Crippen LogP contribution in [0, 0.1) is 0 Å². The highest BCUT2D eigenvalue weighted by Gasteiger charge is 2.22. The molecule has 1 fully saturated rings. The summed E-state index contributed by atoms with van der Waals surface area (Å²) in [5.41, 5.74) is 2.11. The van der Waals surface area contributed by atoms with E-state index in [0.717, 1.165) is 11.3 Å². The molecule has 78 valence electrons. The predicted molar refractivity (Wildman–Crippen MR) is 68.0 cm³/mol. The topological polar surface area (TPSA) is 0 Å². The summed E-state index contributed by atoms with van der Waals surface area (Å²) >= 11 is 0. The Kier molecular flexibility index (Phi) is 5.84. The van der Waals surface area contributed by atoms with Gasteiger partial charge in [-0.15, -0.1) is 8.58 Å². The average Bonchev–Trinajstić information content (AvgIpc) is 2.48. The highest BCUT2D eigenvalue weighted by atomic mass is 31.2. The van der Waals surface area contributed by atoms with Crippen molar-refractivity contribution in [1.82, 2.24) is 0 Å². The molecule has 2 unspecified atom stereocenters. The first-order valence-electron chi connectivity index (χ1n) is 5.71. The summed E-state index contributed by atoms with van der Waals surface area (Å²) in [5.74, 6) is 1.59. The zero-order valence-corrected chi connectivity index (χ0v) is 11.2. The summed E-state index contributed by atoms with van der Waals surface area (Å²) in [7, 11) is 1.72. The van der Waals surface area contributed by atoms with Gasteiger partial charge < -0.3 is 0 Å². The van der Waals surface area contributed by atoms with E-state index in [1.807, 2.05) is 0 Å². The molecule has 0 N–H and O–H groups in total. The molecule has 1 saturated heterocycles. The molecule has 1 aliphatic heterocycles. The van der Waals surface area contributed by atoms with Crippen LogP contribution in [0.15, 0.2) is 0 Å². The van der Waals surface area contributed by atoms with Crippen LogP contribution in [0.5, 0.6) is 0 Å². The minimum atomic E-state index is 0.463. The van der Waals surface area contributed by atoms with Gasteiger partial charge in [-0.2, -0.15) is 0 Å². The van der Waals surface area contributed by atoms with Gasteiger partial charge in [0, 0.05) is 0 Å². The molecular formula is C11H24P2. The second-order valence-electron chi connectivity index (χ2n) is 4.36. The minimum Gasteiger partial charge on any atom is -0.115 e. The number of hydrogen-bond donors (Lipinski definition) is 0. The van der Waals surface area contributed by atoms with E-state index < -0.39 is 0 Å². The van der Waals surface area contributed by atoms with Crippen molar-refractivity contribution in [3.8, 4) is 0 Å². The Morgan fingerprint density at radius 1 is 1.54 bits per heavy atom. The van der Waals surface area contributed by atoms with Gasteiger partial charge in [-0.05, 0) is 42.6 Å². The average molecular weight is 218 g/mol. The zero-order valence-electron chi connectivity index (χ0n) is 9.34. The van der Waals surface area contributed by atoms with Crippen molar-refractivity contribution in [3.05, 3.63) is 0 Å². The first kappa shape index (κ1) is 11.9. The van der Waals surface area contributed by atoms with E-state index in [1.54, 1.807) is 12.1 Å². The monoisotopic (exact) mass is 218 g/mol. The fourth-order valence-electron chi connectivity index (χ4n) is 2.04. The lowest BCUT2D eigenvalue weighted by atomic mass is 10.3. The van der Waals surface area contributed by atoms with E-state index in [-0.39, 0.29) is 0 Å². The Morgan fingerprint density at radius 3 is 2.85 bits per heavy atom. The van der Waals surface area contributed by atoms with Crippen molar-refractivity contribution < 1.29 is 0 Å². The molecule has 1 rings (SSSR count). The van der Waals surface area contributed by atoms with Gasteiger partial charge in [-0.3, -0.25) is 0 Å². The van der Waals surface area contributed by atoms with Crippen LogP contribution in [0.2, 0.25) is 0 Å². The van der Waals surface area contributed by atoms with Gasteiger partial charge in [0.15, 0.2) is 0 Å². The van der Waals surface area contributed by atoms with Crippen molar-refractivity contribution in [1.29, 1.82) is 0 Å². The van der Waals surface area contributed by atoms with E-state index in [1.165, 1.54) is 34.3 Å². The van der Waals surface area contributed by atoms with Gasteiger partial charge >= 0.3 is 0 Å². The van der Waals surface area contributed by atoms with Crippen molar-refractivity contribution in [2.24, 2.45) is 0 Å². The van der Waals surface area contributed by atoms with Gasteiger partial charge in [0.05, 0.1) is 0 Å². The second kappa shape index (κ2) is 6.36. The molecule has 1 aliphatic rings. The molecular weight excluding hydrogens is 194 g/mol. The maximum atomic E-state index is 2.48. The van der Waals surface area contributed by atoms with Gasteiger partial charge in [0.1, 0.15) is 0 Å².